The summed E-state index contributed by atoms with van der Waals surface area (Å²) in [4.78, 5) is 22.8. The molecule has 0 spiro atoms. The molecular formula is C12H20F3NO3. The fourth-order valence-electron chi connectivity index (χ4n) is 1.20. The fourth-order valence-corrected chi connectivity index (χ4v) is 1.20. The topological polar surface area (TPSA) is 55.4 Å². The van der Waals surface area contributed by atoms with Crippen molar-refractivity contribution in [2.75, 3.05) is 0 Å². The van der Waals surface area contributed by atoms with Gasteiger partial charge < -0.3 is 10.1 Å². The van der Waals surface area contributed by atoms with E-state index in [1.807, 2.05) is 0 Å². The molecule has 7 heteroatoms. The van der Waals surface area contributed by atoms with E-state index in [0.29, 0.717) is 0 Å². The minimum atomic E-state index is -5.04. The van der Waals surface area contributed by atoms with E-state index in [9.17, 15) is 22.8 Å². The fraction of sp³-hybridized carbons (Fsp3) is 0.833. The van der Waals surface area contributed by atoms with Crippen LogP contribution in [-0.4, -0.2) is 29.7 Å². The smallest absolute Gasteiger partial charge is 0.458 e. The monoisotopic (exact) mass is 283 g/mol. The summed E-state index contributed by atoms with van der Waals surface area (Å²) in [6.45, 7) is 9.40. The molecule has 4 nitrogen and oxygen atoms in total. The molecule has 0 unspecified atom stereocenters. The molecule has 0 fully saturated rings. The van der Waals surface area contributed by atoms with E-state index in [4.69, 9.17) is 4.74 Å². The van der Waals surface area contributed by atoms with Gasteiger partial charge in [-0.3, -0.25) is 4.79 Å². The van der Waals surface area contributed by atoms with E-state index in [-0.39, 0.29) is 0 Å². The van der Waals surface area contributed by atoms with Gasteiger partial charge in [-0.1, -0.05) is 20.8 Å². The molecule has 1 amide bonds. The van der Waals surface area contributed by atoms with Crippen molar-refractivity contribution < 1.29 is 27.5 Å². The normalized spacial score (nSPS) is 14.8. The Bertz CT molecular complexity index is 351. The number of ether oxygens (including phenoxy) is 1. The van der Waals surface area contributed by atoms with Crippen molar-refractivity contribution >= 4 is 11.9 Å². The molecule has 0 heterocycles. The number of hydrogen-bond donors (Lipinski definition) is 1. The van der Waals surface area contributed by atoms with Crippen LogP contribution in [0.1, 0.15) is 41.5 Å². The van der Waals surface area contributed by atoms with E-state index in [0.717, 1.165) is 0 Å². The molecule has 0 aromatic rings. The van der Waals surface area contributed by atoms with Crippen LogP contribution < -0.4 is 5.32 Å². The van der Waals surface area contributed by atoms with Gasteiger partial charge in [0.15, 0.2) is 0 Å². The molecule has 0 aliphatic heterocycles. The van der Waals surface area contributed by atoms with E-state index < -0.39 is 35.1 Å². The zero-order valence-corrected chi connectivity index (χ0v) is 11.9. The lowest BCUT2D eigenvalue weighted by atomic mass is 9.86. The first-order valence-electron chi connectivity index (χ1n) is 5.75. The predicted octanol–water partition coefficient (Wildman–Crippen LogP) is 2.42. The third-order valence-corrected chi connectivity index (χ3v) is 2.04. The number of hydrogen-bond acceptors (Lipinski definition) is 3. The number of carbonyl (C=O) groups is 2. The molecule has 112 valence electrons. The summed E-state index contributed by atoms with van der Waals surface area (Å²) in [5.74, 6) is -3.05. The molecule has 0 rings (SSSR count). The van der Waals surface area contributed by atoms with Crippen LogP contribution in [-0.2, 0) is 14.3 Å². The van der Waals surface area contributed by atoms with Crippen molar-refractivity contribution in [2.24, 2.45) is 5.41 Å². The molecule has 1 N–H and O–H groups in total. The van der Waals surface area contributed by atoms with Gasteiger partial charge in [0.05, 0.1) is 0 Å². The first kappa shape index (κ1) is 17.7. The van der Waals surface area contributed by atoms with Gasteiger partial charge >= 0.3 is 18.1 Å². The number of amides is 1. The molecule has 0 saturated heterocycles. The third kappa shape index (κ3) is 6.45. The number of halogens is 3. The first-order chi connectivity index (χ1) is 8.14. The minimum absolute atomic E-state index is 0.844. The van der Waals surface area contributed by atoms with Gasteiger partial charge in [-0.2, -0.15) is 13.2 Å². The number of nitrogens with one attached hydrogen (secondary N) is 1. The van der Waals surface area contributed by atoms with Gasteiger partial charge in [0, 0.05) is 0 Å². The van der Waals surface area contributed by atoms with Crippen LogP contribution in [0, 0.1) is 5.41 Å². The maximum Gasteiger partial charge on any atom is 0.471 e. The van der Waals surface area contributed by atoms with E-state index in [1.54, 1.807) is 26.1 Å². The van der Waals surface area contributed by atoms with Gasteiger partial charge in [-0.05, 0) is 26.2 Å². The Morgan fingerprint density at radius 2 is 1.42 bits per heavy atom. The van der Waals surface area contributed by atoms with Crippen molar-refractivity contribution in [1.82, 2.24) is 5.32 Å². The second-order valence-corrected chi connectivity index (χ2v) is 6.30. The van der Waals surface area contributed by atoms with Crippen molar-refractivity contribution in [2.45, 2.75) is 59.4 Å². The Morgan fingerprint density at radius 1 is 1.00 bits per heavy atom. The Balaban J connectivity index is 5.06. The summed E-state index contributed by atoms with van der Waals surface area (Å²) < 4.78 is 41.7. The van der Waals surface area contributed by atoms with Crippen molar-refractivity contribution in [1.29, 1.82) is 0 Å². The zero-order valence-electron chi connectivity index (χ0n) is 11.9. The number of esters is 1. The molecule has 0 aromatic heterocycles. The maximum atomic E-state index is 12.2. The summed E-state index contributed by atoms with van der Waals surface area (Å²) in [6, 6.07) is -1.37. The molecule has 0 bridgehead atoms. The summed E-state index contributed by atoms with van der Waals surface area (Å²) >= 11 is 0. The molecule has 0 aliphatic carbocycles. The number of carbonyl (C=O) groups excluding carboxylic acids is 2. The molecule has 0 aromatic carbocycles. The van der Waals surface area contributed by atoms with Gasteiger partial charge in [0.1, 0.15) is 11.6 Å². The second kappa shape index (κ2) is 5.38. The average molecular weight is 283 g/mol. The van der Waals surface area contributed by atoms with Gasteiger partial charge in [0.25, 0.3) is 0 Å². The summed E-state index contributed by atoms with van der Waals surface area (Å²) in [5.41, 5.74) is -1.74. The number of alkyl halides is 3. The van der Waals surface area contributed by atoms with E-state index in [1.165, 1.54) is 20.8 Å². The minimum Gasteiger partial charge on any atom is -0.458 e. The summed E-state index contributed by atoms with van der Waals surface area (Å²) in [7, 11) is 0. The van der Waals surface area contributed by atoms with Crippen LogP contribution >= 0.6 is 0 Å². The quantitative estimate of drug-likeness (QED) is 0.792. The Labute approximate surface area is 110 Å². The highest BCUT2D eigenvalue weighted by Crippen LogP contribution is 2.24. The largest absolute Gasteiger partial charge is 0.471 e. The Morgan fingerprint density at radius 3 is 1.68 bits per heavy atom. The zero-order chi connectivity index (χ0) is 15.6. The van der Waals surface area contributed by atoms with Crippen LogP contribution in [0.25, 0.3) is 0 Å². The highest BCUT2D eigenvalue weighted by atomic mass is 19.4. The van der Waals surface area contributed by atoms with Gasteiger partial charge in [0.2, 0.25) is 0 Å². The highest BCUT2D eigenvalue weighted by Gasteiger charge is 2.44. The molecule has 0 saturated carbocycles. The number of rotatable bonds is 2. The lowest BCUT2D eigenvalue weighted by Crippen LogP contribution is -2.54. The SMILES string of the molecule is CC(C)(C)OC(=O)[C@@H](NC(=O)C(F)(F)F)C(C)(C)C. The van der Waals surface area contributed by atoms with Gasteiger partial charge in [-0.15, -0.1) is 0 Å². The lowest BCUT2D eigenvalue weighted by molar-refractivity contribution is -0.179. The Hall–Kier alpha value is -1.27. The van der Waals surface area contributed by atoms with E-state index in [2.05, 4.69) is 0 Å². The van der Waals surface area contributed by atoms with Crippen molar-refractivity contribution in [3.8, 4) is 0 Å². The van der Waals surface area contributed by atoms with Crippen LogP contribution in [0.3, 0.4) is 0 Å². The van der Waals surface area contributed by atoms with Crippen molar-refractivity contribution in [3.05, 3.63) is 0 Å². The molecule has 19 heavy (non-hydrogen) atoms. The van der Waals surface area contributed by atoms with Crippen LogP contribution in [0.4, 0.5) is 13.2 Å². The standard InChI is InChI=1S/C12H20F3NO3/c1-10(2,3)7(8(17)19-11(4,5)6)16-9(18)12(13,14)15/h7H,1-6H3,(H,16,18)/t7-/m1/s1. The summed E-state index contributed by atoms with van der Waals surface area (Å²) in [5, 5.41) is 1.68. The summed E-state index contributed by atoms with van der Waals surface area (Å²) in [6.07, 6.45) is -5.04. The molecule has 0 radical (unpaired) electrons. The lowest BCUT2D eigenvalue weighted by Gasteiger charge is -2.32. The molecular weight excluding hydrogens is 263 g/mol. The highest BCUT2D eigenvalue weighted by molar-refractivity contribution is 5.88. The van der Waals surface area contributed by atoms with Crippen LogP contribution in [0.15, 0.2) is 0 Å². The van der Waals surface area contributed by atoms with Gasteiger partial charge in [-0.25, -0.2) is 4.79 Å². The van der Waals surface area contributed by atoms with Crippen LogP contribution in [0.2, 0.25) is 0 Å². The Kier molecular flexibility index (Phi) is 5.02. The van der Waals surface area contributed by atoms with E-state index >= 15 is 0 Å². The molecule has 0 aliphatic rings. The molecule has 1 atom stereocenters. The third-order valence-electron chi connectivity index (χ3n) is 2.04. The first-order valence-corrected chi connectivity index (χ1v) is 5.75. The average Bonchev–Trinajstić information content (AvgIpc) is 2.06. The predicted molar refractivity (Wildman–Crippen MR) is 63.3 cm³/mol. The van der Waals surface area contributed by atoms with Crippen molar-refractivity contribution in [3.63, 3.8) is 0 Å². The maximum absolute atomic E-state index is 12.2. The van der Waals surface area contributed by atoms with Crippen LogP contribution in [0.5, 0.6) is 0 Å². The second-order valence-electron chi connectivity index (χ2n) is 6.30.